The van der Waals surface area contributed by atoms with Gasteiger partial charge in [-0.15, -0.1) is 0 Å². The molecule has 1 amide bonds. The minimum absolute atomic E-state index is 0.338. The van der Waals surface area contributed by atoms with Crippen LogP contribution < -0.4 is 0 Å². The number of piperidine rings is 1. The maximum Gasteiger partial charge on any atom is 0.223 e. The van der Waals surface area contributed by atoms with Gasteiger partial charge in [-0.05, 0) is 25.0 Å². The highest BCUT2D eigenvalue weighted by Crippen LogP contribution is 2.19. The van der Waals surface area contributed by atoms with E-state index in [0.29, 0.717) is 18.2 Å². The van der Waals surface area contributed by atoms with E-state index < -0.39 is 0 Å². The fraction of sp³-hybridized carbons (Fsp3) is 0.900. The zero-order chi connectivity index (χ0) is 10.4. The Labute approximate surface area is 98.9 Å². The average Bonchev–Trinajstić information content (AvgIpc) is 2.26. The van der Waals surface area contributed by atoms with E-state index >= 15 is 0 Å². The van der Waals surface area contributed by atoms with Gasteiger partial charge in [-0.3, -0.25) is 4.79 Å². The topological polar surface area (TPSA) is 20.3 Å². The Bertz CT molecular complexity index is 189. The summed E-state index contributed by atoms with van der Waals surface area (Å²) in [5, 5.41) is 1.03. The van der Waals surface area contributed by atoms with Crippen molar-refractivity contribution < 1.29 is 4.79 Å². The van der Waals surface area contributed by atoms with Crippen LogP contribution in [0.5, 0.6) is 0 Å². The van der Waals surface area contributed by atoms with Crippen molar-refractivity contribution in [3.05, 3.63) is 0 Å². The van der Waals surface area contributed by atoms with Gasteiger partial charge in [0.05, 0.1) is 0 Å². The molecular weight excluding hydrogens is 262 g/mol. The van der Waals surface area contributed by atoms with Gasteiger partial charge in [0, 0.05) is 30.6 Å². The van der Waals surface area contributed by atoms with Gasteiger partial charge < -0.3 is 4.90 Å². The number of carbonyl (C=O) groups excluding carboxylic acids is 1. The Kier molecular flexibility index (Phi) is 5.94. The molecule has 0 aromatic rings. The number of rotatable bonds is 4. The highest BCUT2D eigenvalue weighted by atomic mass is 79.9. The van der Waals surface area contributed by atoms with E-state index in [4.69, 9.17) is 0 Å². The van der Waals surface area contributed by atoms with Crippen LogP contribution in [0.25, 0.3) is 0 Å². The van der Waals surface area contributed by atoms with Crippen LogP contribution in [0, 0.1) is 5.92 Å². The van der Waals surface area contributed by atoms with E-state index in [1.54, 1.807) is 11.8 Å². The third-order valence-corrected chi connectivity index (χ3v) is 4.14. The van der Waals surface area contributed by atoms with Crippen LogP contribution in [0.15, 0.2) is 0 Å². The summed E-state index contributed by atoms with van der Waals surface area (Å²) >= 11 is 5.24. The number of hydrogen-bond donors (Lipinski definition) is 0. The Balaban J connectivity index is 2.31. The first kappa shape index (κ1) is 12.4. The number of thioether (sulfide) groups is 1. The SMILES string of the molecule is CSCCC(=O)N1CCCC(CBr)C1. The Morgan fingerprint density at radius 1 is 1.64 bits per heavy atom. The van der Waals surface area contributed by atoms with Gasteiger partial charge in [-0.2, -0.15) is 11.8 Å². The van der Waals surface area contributed by atoms with Crippen LogP contribution >= 0.6 is 27.7 Å². The average molecular weight is 280 g/mol. The third kappa shape index (κ3) is 3.81. The quantitative estimate of drug-likeness (QED) is 0.737. The summed E-state index contributed by atoms with van der Waals surface area (Å²) in [6.07, 6.45) is 5.18. The molecule has 1 saturated heterocycles. The minimum atomic E-state index is 0.338. The van der Waals surface area contributed by atoms with Crippen molar-refractivity contribution in [2.45, 2.75) is 19.3 Å². The smallest absolute Gasteiger partial charge is 0.223 e. The molecule has 0 N–H and O–H groups in total. The maximum absolute atomic E-state index is 11.7. The lowest BCUT2D eigenvalue weighted by atomic mass is 10.00. The zero-order valence-electron chi connectivity index (χ0n) is 8.67. The molecule has 1 heterocycles. The number of amides is 1. The molecule has 1 rings (SSSR count). The Morgan fingerprint density at radius 2 is 2.43 bits per heavy atom. The van der Waals surface area contributed by atoms with Crippen molar-refractivity contribution in [3.8, 4) is 0 Å². The summed E-state index contributed by atoms with van der Waals surface area (Å²) in [6, 6.07) is 0. The first-order valence-corrected chi connectivity index (χ1v) is 7.62. The van der Waals surface area contributed by atoms with Crippen LogP contribution in [0.3, 0.4) is 0 Å². The van der Waals surface area contributed by atoms with E-state index in [1.165, 1.54) is 12.8 Å². The molecule has 82 valence electrons. The predicted molar refractivity (Wildman–Crippen MR) is 66.1 cm³/mol. The first-order valence-electron chi connectivity index (χ1n) is 5.10. The van der Waals surface area contributed by atoms with Crippen molar-refractivity contribution in [1.29, 1.82) is 0 Å². The lowest BCUT2D eigenvalue weighted by Gasteiger charge is -2.32. The van der Waals surface area contributed by atoms with Crippen LogP contribution in [0.4, 0.5) is 0 Å². The summed E-state index contributed by atoms with van der Waals surface area (Å²) in [5.41, 5.74) is 0. The molecule has 14 heavy (non-hydrogen) atoms. The van der Waals surface area contributed by atoms with Crippen molar-refractivity contribution in [3.63, 3.8) is 0 Å². The van der Waals surface area contributed by atoms with Gasteiger partial charge in [0.15, 0.2) is 0 Å². The molecule has 0 saturated carbocycles. The van der Waals surface area contributed by atoms with Crippen molar-refractivity contribution in [2.75, 3.05) is 30.4 Å². The normalized spacial score (nSPS) is 22.4. The summed E-state index contributed by atoms with van der Waals surface area (Å²) in [5.74, 6) is 1.96. The fourth-order valence-corrected chi connectivity index (χ4v) is 2.67. The molecule has 1 aliphatic rings. The summed E-state index contributed by atoms with van der Waals surface area (Å²) in [7, 11) is 0. The van der Waals surface area contributed by atoms with Crippen LogP contribution in [0.1, 0.15) is 19.3 Å². The van der Waals surface area contributed by atoms with Crippen LogP contribution in [-0.4, -0.2) is 41.2 Å². The number of alkyl halides is 1. The predicted octanol–water partition coefficient (Wildman–Crippen LogP) is 2.37. The van der Waals surface area contributed by atoms with Gasteiger partial charge in [0.2, 0.25) is 5.91 Å². The summed E-state index contributed by atoms with van der Waals surface area (Å²) in [4.78, 5) is 13.7. The van der Waals surface area contributed by atoms with Crippen molar-refractivity contribution in [2.24, 2.45) is 5.92 Å². The van der Waals surface area contributed by atoms with Gasteiger partial charge in [0.1, 0.15) is 0 Å². The van der Waals surface area contributed by atoms with Gasteiger partial charge in [0.25, 0.3) is 0 Å². The monoisotopic (exact) mass is 279 g/mol. The molecule has 1 unspecified atom stereocenters. The molecule has 1 fully saturated rings. The maximum atomic E-state index is 11.7. The molecule has 0 bridgehead atoms. The van der Waals surface area contributed by atoms with E-state index in [1.807, 2.05) is 11.2 Å². The second kappa shape index (κ2) is 6.72. The number of carbonyl (C=O) groups is 1. The molecule has 0 spiro atoms. The summed E-state index contributed by atoms with van der Waals surface area (Å²) in [6.45, 7) is 1.93. The lowest BCUT2D eigenvalue weighted by molar-refractivity contribution is -0.132. The second-order valence-corrected chi connectivity index (χ2v) is 5.38. The van der Waals surface area contributed by atoms with Gasteiger partial charge >= 0.3 is 0 Å². The highest BCUT2D eigenvalue weighted by molar-refractivity contribution is 9.09. The van der Waals surface area contributed by atoms with Gasteiger partial charge in [-0.1, -0.05) is 15.9 Å². The third-order valence-electron chi connectivity index (χ3n) is 2.61. The summed E-state index contributed by atoms with van der Waals surface area (Å²) < 4.78 is 0. The zero-order valence-corrected chi connectivity index (χ0v) is 11.1. The van der Waals surface area contributed by atoms with Crippen LogP contribution in [0.2, 0.25) is 0 Å². The van der Waals surface area contributed by atoms with E-state index in [9.17, 15) is 4.79 Å². The van der Waals surface area contributed by atoms with Crippen molar-refractivity contribution >= 4 is 33.6 Å². The molecule has 2 nitrogen and oxygen atoms in total. The largest absolute Gasteiger partial charge is 0.342 e. The highest BCUT2D eigenvalue weighted by Gasteiger charge is 2.22. The van der Waals surface area contributed by atoms with E-state index in [2.05, 4.69) is 15.9 Å². The Morgan fingerprint density at radius 3 is 3.07 bits per heavy atom. The molecule has 0 aromatic carbocycles. The minimum Gasteiger partial charge on any atom is -0.342 e. The van der Waals surface area contributed by atoms with Crippen LogP contribution in [-0.2, 0) is 4.79 Å². The van der Waals surface area contributed by atoms with E-state index in [-0.39, 0.29) is 0 Å². The molecule has 4 heteroatoms. The van der Waals surface area contributed by atoms with Gasteiger partial charge in [-0.25, -0.2) is 0 Å². The molecule has 0 aliphatic carbocycles. The number of nitrogens with zero attached hydrogens (tertiary/aromatic N) is 1. The first-order chi connectivity index (χ1) is 6.77. The molecule has 1 atom stereocenters. The number of hydrogen-bond acceptors (Lipinski definition) is 2. The van der Waals surface area contributed by atoms with Crippen molar-refractivity contribution in [1.82, 2.24) is 4.90 Å². The molecular formula is C10H18BrNOS. The second-order valence-electron chi connectivity index (χ2n) is 3.75. The lowest BCUT2D eigenvalue weighted by Crippen LogP contribution is -2.40. The van der Waals surface area contributed by atoms with E-state index in [0.717, 1.165) is 24.2 Å². The molecule has 0 aromatic heterocycles. The molecule has 0 radical (unpaired) electrons. The standard InChI is InChI=1S/C10H18BrNOS/c1-14-6-4-10(13)12-5-2-3-9(7-11)8-12/h9H,2-8H2,1H3. The number of likely N-dealkylation sites (tertiary alicyclic amines) is 1. The number of halogens is 1. The fourth-order valence-electron chi connectivity index (χ4n) is 1.77. The Hall–Kier alpha value is 0.300. The molecule has 1 aliphatic heterocycles.